The highest BCUT2D eigenvalue weighted by molar-refractivity contribution is 7.86. The van der Waals surface area contributed by atoms with Gasteiger partial charge in [-0.3, -0.25) is 4.79 Å². The largest absolute Gasteiger partial charge is 0.481 e. The van der Waals surface area contributed by atoms with Crippen LogP contribution in [0.15, 0.2) is 0 Å². The molecular weight excluding hydrogens is 301 g/mol. The lowest BCUT2D eigenvalue weighted by atomic mass is 9.86. The Morgan fingerprint density at radius 2 is 1.65 bits per heavy atom. The van der Waals surface area contributed by atoms with Gasteiger partial charge in [0.25, 0.3) is 10.2 Å². The van der Waals surface area contributed by atoms with Gasteiger partial charge in [0.1, 0.15) is 0 Å². The normalized spacial score (nSPS) is 29.9. The highest BCUT2D eigenvalue weighted by Crippen LogP contribution is 2.46. The van der Waals surface area contributed by atoms with Crippen LogP contribution in [0.25, 0.3) is 0 Å². The van der Waals surface area contributed by atoms with Gasteiger partial charge in [-0.1, -0.05) is 0 Å². The zero-order chi connectivity index (χ0) is 15.2. The van der Waals surface area contributed by atoms with Crippen molar-refractivity contribution in [3.05, 3.63) is 0 Å². The molecule has 2 rings (SSSR count). The highest BCUT2D eigenvalue weighted by atomic mass is 32.2. The van der Waals surface area contributed by atoms with Gasteiger partial charge >= 0.3 is 12.1 Å². The number of alkyl halides is 3. The second-order valence-electron chi connectivity index (χ2n) is 5.08. The van der Waals surface area contributed by atoms with Gasteiger partial charge < -0.3 is 5.11 Å². The topological polar surface area (TPSA) is 77.9 Å². The third kappa shape index (κ3) is 2.29. The maximum absolute atomic E-state index is 13.0. The molecule has 0 amide bonds. The lowest BCUT2D eigenvalue weighted by Crippen LogP contribution is -2.49. The van der Waals surface area contributed by atoms with Crippen molar-refractivity contribution in [3.63, 3.8) is 0 Å². The number of aliphatic carboxylic acids is 1. The zero-order valence-corrected chi connectivity index (χ0v) is 11.4. The molecule has 2 fully saturated rings. The minimum absolute atomic E-state index is 0.269. The molecule has 0 aromatic heterocycles. The average Bonchev–Trinajstić information content (AvgIpc) is 2.99. The lowest BCUT2D eigenvalue weighted by Gasteiger charge is -2.28. The molecule has 116 valence electrons. The van der Waals surface area contributed by atoms with Gasteiger partial charge in [0.15, 0.2) is 5.41 Å². The molecule has 0 saturated carbocycles. The van der Waals surface area contributed by atoms with Crippen LogP contribution < -0.4 is 0 Å². The van der Waals surface area contributed by atoms with Gasteiger partial charge in [-0.15, -0.1) is 0 Å². The number of carboxylic acid groups (broad SMARTS) is 1. The lowest BCUT2D eigenvalue weighted by molar-refractivity contribution is -0.226. The van der Waals surface area contributed by atoms with Gasteiger partial charge in [0.05, 0.1) is 0 Å². The second-order valence-corrected chi connectivity index (χ2v) is 7.01. The summed E-state index contributed by atoms with van der Waals surface area (Å²) in [5.74, 6) is -2.02. The van der Waals surface area contributed by atoms with E-state index in [0.29, 0.717) is 17.1 Å². The summed E-state index contributed by atoms with van der Waals surface area (Å²) < 4.78 is 65.0. The van der Waals surface area contributed by atoms with E-state index in [1.54, 1.807) is 0 Å². The maximum atomic E-state index is 13.0. The Bertz CT molecular complexity index is 501. The summed E-state index contributed by atoms with van der Waals surface area (Å²) >= 11 is 0. The first-order chi connectivity index (χ1) is 9.11. The molecule has 20 heavy (non-hydrogen) atoms. The van der Waals surface area contributed by atoms with Gasteiger partial charge in [0, 0.05) is 26.2 Å². The van der Waals surface area contributed by atoms with Crippen molar-refractivity contribution in [3.8, 4) is 0 Å². The smallest absolute Gasteiger partial charge is 0.406 e. The van der Waals surface area contributed by atoms with Crippen LogP contribution in [-0.4, -0.2) is 60.5 Å². The monoisotopic (exact) mass is 316 g/mol. The number of halogens is 3. The Labute approximate surface area is 114 Å². The molecule has 0 aromatic rings. The first kappa shape index (κ1) is 15.5. The van der Waals surface area contributed by atoms with Crippen molar-refractivity contribution in [1.82, 2.24) is 8.61 Å². The molecule has 1 unspecified atom stereocenters. The standard InChI is InChI=1S/C10H15F3N2O4S/c11-10(12,13)9(8(16)17)3-6-15(7-9)20(18,19)14-4-1-2-5-14/h1-7H2,(H,16,17). The zero-order valence-electron chi connectivity index (χ0n) is 10.6. The summed E-state index contributed by atoms with van der Waals surface area (Å²) in [7, 11) is -4.00. The molecule has 0 bridgehead atoms. The van der Waals surface area contributed by atoms with Crippen molar-refractivity contribution in [2.24, 2.45) is 5.41 Å². The minimum Gasteiger partial charge on any atom is -0.481 e. The molecule has 0 spiro atoms. The van der Waals surface area contributed by atoms with E-state index in [0.717, 1.165) is 4.31 Å². The molecule has 2 heterocycles. The van der Waals surface area contributed by atoms with E-state index < -0.39 is 47.3 Å². The molecule has 1 N–H and O–H groups in total. The number of carbonyl (C=O) groups is 1. The fourth-order valence-corrected chi connectivity index (χ4v) is 4.33. The molecule has 10 heteroatoms. The Morgan fingerprint density at radius 1 is 1.10 bits per heavy atom. The van der Waals surface area contributed by atoms with Crippen LogP contribution in [0.2, 0.25) is 0 Å². The van der Waals surface area contributed by atoms with Gasteiger partial charge in [-0.2, -0.15) is 30.2 Å². The van der Waals surface area contributed by atoms with E-state index in [2.05, 4.69) is 0 Å². The van der Waals surface area contributed by atoms with Crippen molar-refractivity contribution >= 4 is 16.2 Å². The first-order valence-electron chi connectivity index (χ1n) is 6.17. The fraction of sp³-hybridized carbons (Fsp3) is 0.900. The molecule has 6 nitrogen and oxygen atoms in total. The highest BCUT2D eigenvalue weighted by Gasteiger charge is 2.65. The van der Waals surface area contributed by atoms with Crippen LogP contribution in [0.3, 0.4) is 0 Å². The number of rotatable bonds is 3. The van der Waals surface area contributed by atoms with E-state index in [-0.39, 0.29) is 13.1 Å². The molecule has 2 saturated heterocycles. The predicted molar refractivity (Wildman–Crippen MR) is 62.0 cm³/mol. The third-order valence-electron chi connectivity index (χ3n) is 3.90. The quantitative estimate of drug-likeness (QED) is 0.830. The van der Waals surface area contributed by atoms with Gasteiger partial charge in [-0.25, -0.2) is 0 Å². The van der Waals surface area contributed by atoms with Crippen LogP contribution in [0.4, 0.5) is 13.2 Å². The van der Waals surface area contributed by atoms with E-state index >= 15 is 0 Å². The number of hydrogen-bond donors (Lipinski definition) is 1. The van der Waals surface area contributed by atoms with Gasteiger partial charge in [0.2, 0.25) is 0 Å². The molecule has 0 aromatic carbocycles. The SMILES string of the molecule is O=C(O)C1(C(F)(F)F)CCN(S(=O)(=O)N2CCCC2)C1. The number of hydrogen-bond acceptors (Lipinski definition) is 3. The Morgan fingerprint density at radius 3 is 2.05 bits per heavy atom. The first-order valence-corrected chi connectivity index (χ1v) is 7.56. The van der Waals surface area contributed by atoms with Crippen molar-refractivity contribution in [1.29, 1.82) is 0 Å². The van der Waals surface area contributed by atoms with Crippen molar-refractivity contribution < 1.29 is 31.5 Å². The number of nitrogens with zero attached hydrogens (tertiary/aromatic N) is 2. The molecule has 2 aliphatic rings. The van der Waals surface area contributed by atoms with E-state index in [4.69, 9.17) is 5.11 Å². The Hall–Kier alpha value is -0.870. The molecule has 0 radical (unpaired) electrons. The fourth-order valence-electron chi connectivity index (χ4n) is 2.58. The van der Waals surface area contributed by atoms with Crippen LogP contribution in [0.1, 0.15) is 19.3 Å². The third-order valence-corrected chi connectivity index (χ3v) is 5.89. The predicted octanol–water partition coefficient (Wildman–Crippen LogP) is 0.666. The van der Waals surface area contributed by atoms with Crippen molar-refractivity contribution in [2.45, 2.75) is 25.4 Å². The Balaban J connectivity index is 2.25. The summed E-state index contributed by atoms with van der Waals surface area (Å²) in [6.45, 7) is -0.939. The summed E-state index contributed by atoms with van der Waals surface area (Å²) in [6, 6.07) is 0. The summed E-state index contributed by atoms with van der Waals surface area (Å²) in [4.78, 5) is 11.0. The summed E-state index contributed by atoms with van der Waals surface area (Å²) in [6.07, 6.45) is -4.40. The molecule has 1 atom stereocenters. The molecule has 0 aliphatic carbocycles. The average molecular weight is 316 g/mol. The van der Waals surface area contributed by atoms with E-state index in [1.165, 1.54) is 0 Å². The number of carboxylic acids is 1. The van der Waals surface area contributed by atoms with E-state index in [1.807, 2.05) is 0 Å². The van der Waals surface area contributed by atoms with Crippen LogP contribution in [0.5, 0.6) is 0 Å². The minimum atomic E-state index is -4.98. The van der Waals surface area contributed by atoms with Crippen LogP contribution in [-0.2, 0) is 15.0 Å². The van der Waals surface area contributed by atoms with Crippen LogP contribution in [0, 0.1) is 5.41 Å². The summed E-state index contributed by atoms with van der Waals surface area (Å²) in [5, 5.41) is 8.89. The molecule has 2 aliphatic heterocycles. The Kier molecular flexibility index (Phi) is 3.76. The van der Waals surface area contributed by atoms with Crippen LogP contribution >= 0.6 is 0 Å². The van der Waals surface area contributed by atoms with Crippen molar-refractivity contribution in [2.75, 3.05) is 26.2 Å². The molecular formula is C10H15F3N2O4S. The summed E-state index contributed by atoms with van der Waals surface area (Å²) in [5.41, 5.74) is -3.00. The van der Waals surface area contributed by atoms with E-state index in [9.17, 15) is 26.4 Å². The maximum Gasteiger partial charge on any atom is 0.406 e. The second kappa shape index (κ2) is 4.85. The van der Waals surface area contributed by atoms with Gasteiger partial charge in [-0.05, 0) is 19.3 Å².